The van der Waals surface area contributed by atoms with E-state index in [9.17, 15) is 0 Å². The Morgan fingerprint density at radius 2 is 0.538 bits per heavy atom. The van der Waals surface area contributed by atoms with E-state index in [0.29, 0.717) is 17.6 Å². The van der Waals surface area contributed by atoms with Crippen LogP contribution in [0.4, 0.5) is 0 Å². The molecule has 0 saturated heterocycles. The Labute approximate surface area is 524 Å². The molecule has 0 fully saturated rings. The summed E-state index contributed by atoms with van der Waals surface area (Å²) in [6, 6.07) is 108. The third-order valence-electron chi connectivity index (χ3n) is 19.4. The lowest BCUT2D eigenvalue weighted by Crippen LogP contribution is -2.14. The molecule has 5 heterocycles. The molecule has 0 bridgehead atoms. The Morgan fingerprint density at radius 3 is 0.956 bits per heavy atom. The van der Waals surface area contributed by atoms with Crippen LogP contribution >= 0.6 is 0 Å². The molecule has 19 rings (SSSR count). The van der Waals surface area contributed by atoms with Crippen molar-refractivity contribution >= 4 is 87.2 Å². The van der Waals surface area contributed by atoms with Crippen LogP contribution in [-0.2, 0) is 5.41 Å². The molecule has 0 atom stereocenters. The largest absolute Gasteiger partial charge is 0.309 e. The summed E-state index contributed by atoms with van der Waals surface area (Å²) in [6.45, 7) is 4.75. The highest BCUT2D eigenvalue weighted by Crippen LogP contribution is 2.52. The van der Waals surface area contributed by atoms with Gasteiger partial charge in [0.05, 0.1) is 44.1 Å². The molecule has 0 saturated carbocycles. The van der Waals surface area contributed by atoms with Crippen molar-refractivity contribution in [3.63, 3.8) is 0 Å². The fourth-order valence-corrected chi connectivity index (χ4v) is 15.1. The highest BCUT2D eigenvalue weighted by atomic mass is 15.2. The molecular weight excluding hydrogens is 1110 g/mol. The highest BCUT2D eigenvalue weighted by Gasteiger charge is 2.36. The van der Waals surface area contributed by atoms with Gasteiger partial charge in [-0.05, 0) is 154 Å². The summed E-state index contributed by atoms with van der Waals surface area (Å²) in [5.41, 5.74) is 23.9. The lowest BCUT2D eigenvalue weighted by molar-refractivity contribution is 0.660. The minimum absolute atomic E-state index is 0.209. The topological polar surface area (TPSA) is 58.4 Å². The maximum Gasteiger partial charge on any atom is 0.238 e. The maximum atomic E-state index is 5.36. The molecule has 13 aromatic carbocycles. The van der Waals surface area contributed by atoms with E-state index >= 15 is 0 Å². The molecule has 1 aliphatic rings. The van der Waals surface area contributed by atoms with Crippen LogP contribution in [0, 0.1) is 0 Å². The fraction of sp³-hybridized carbons (Fsp3) is 0.0357. The number of nitrogens with zero attached hydrogens (tertiary/aromatic N) is 7. The van der Waals surface area contributed by atoms with Gasteiger partial charge in [0.15, 0.2) is 11.6 Å². The molecule has 0 radical (unpaired) electrons. The van der Waals surface area contributed by atoms with Crippen molar-refractivity contribution in [2.45, 2.75) is 19.3 Å². The van der Waals surface area contributed by atoms with Gasteiger partial charge in [-0.3, -0.25) is 4.57 Å². The van der Waals surface area contributed by atoms with Crippen LogP contribution in [0.15, 0.2) is 297 Å². The average molecular weight is 1160 g/mol. The summed E-state index contributed by atoms with van der Waals surface area (Å²) in [4.78, 5) is 15.8. The van der Waals surface area contributed by atoms with Crippen molar-refractivity contribution in [3.8, 4) is 79.2 Å². The Bertz CT molecular complexity index is 5960. The Kier molecular flexibility index (Phi) is 11.0. The van der Waals surface area contributed by atoms with Crippen molar-refractivity contribution in [2.24, 2.45) is 0 Å². The van der Waals surface area contributed by atoms with Crippen molar-refractivity contribution in [1.82, 2.24) is 33.2 Å². The molecule has 91 heavy (non-hydrogen) atoms. The second-order valence-corrected chi connectivity index (χ2v) is 24.8. The van der Waals surface area contributed by atoms with E-state index < -0.39 is 0 Å². The minimum atomic E-state index is -0.209. The lowest BCUT2D eigenvalue weighted by Gasteiger charge is -2.21. The number of hydrogen-bond donors (Lipinski definition) is 0. The molecule has 426 valence electrons. The molecule has 1 aliphatic carbocycles. The van der Waals surface area contributed by atoms with E-state index in [4.69, 9.17) is 15.0 Å². The van der Waals surface area contributed by atoms with Crippen molar-refractivity contribution in [1.29, 1.82) is 0 Å². The zero-order chi connectivity index (χ0) is 60.1. The summed E-state index contributed by atoms with van der Waals surface area (Å²) in [6.07, 6.45) is 0. The van der Waals surface area contributed by atoms with E-state index in [-0.39, 0.29) is 5.41 Å². The zero-order valence-corrected chi connectivity index (χ0v) is 49.9. The zero-order valence-electron chi connectivity index (χ0n) is 49.9. The predicted molar refractivity (Wildman–Crippen MR) is 376 cm³/mol. The van der Waals surface area contributed by atoms with E-state index in [1.165, 1.54) is 82.4 Å². The third-order valence-corrected chi connectivity index (χ3v) is 19.4. The van der Waals surface area contributed by atoms with Crippen molar-refractivity contribution in [3.05, 3.63) is 308 Å². The molecule has 0 spiro atoms. The number of para-hydroxylation sites is 5. The summed E-state index contributed by atoms with van der Waals surface area (Å²) in [7, 11) is 0. The van der Waals surface area contributed by atoms with E-state index in [0.717, 1.165) is 77.5 Å². The first-order chi connectivity index (χ1) is 44.9. The van der Waals surface area contributed by atoms with E-state index in [2.05, 4.69) is 293 Å². The van der Waals surface area contributed by atoms with Crippen molar-refractivity contribution in [2.75, 3.05) is 0 Å². The fourth-order valence-electron chi connectivity index (χ4n) is 15.1. The van der Waals surface area contributed by atoms with E-state index in [1.54, 1.807) is 0 Å². The van der Waals surface area contributed by atoms with Crippen LogP contribution in [0.2, 0.25) is 0 Å². The molecule has 5 aromatic heterocycles. The number of aromatic nitrogens is 7. The van der Waals surface area contributed by atoms with Gasteiger partial charge in [-0.2, -0.15) is 9.97 Å². The van der Waals surface area contributed by atoms with Gasteiger partial charge in [-0.25, -0.2) is 4.98 Å². The molecule has 0 unspecified atom stereocenters. The van der Waals surface area contributed by atoms with Crippen LogP contribution in [0.1, 0.15) is 25.0 Å². The van der Waals surface area contributed by atoms with Crippen LogP contribution in [0.3, 0.4) is 0 Å². The predicted octanol–water partition coefficient (Wildman–Crippen LogP) is 21.2. The van der Waals surface area contributed by atoms with Gasteiger partial charge in [0.2, 0.25) is 5.95 Å². The van der Waals surface area contributed by atoms with E-state index in [1.807, 2.05) is 36.4 Å². The highest BCUT2D eigenvalue weighted by molar-refractivity contribution is 6.21. The molecular formula is C84H55N7. The number of hydrogen-bond acceptors (Lipinski definition) is 3. The maximum absolute atomic E-state index is 5.36. The van der Waals surface area contributed by atoms with Crippen molar-refractivity contribution < 1.29 is 0 Å². The monoisotopic (exact) mass is 1160 g/mol. The van der Waals surface area contributed by atoms with Gasteiger partial charge in [0.1, 0.15) is 0 Å². The third kappa shape index (κ3) is 7.71. The van der Waals surface area contributed by atoms with Gasteiger partial charge in [0.25, 0.3) is 0 Å². The average Bonchev–Trinajstić information content (AvgIpc) is 1.57. The van der Waals surface area contributed by atoms with Crippen LogP contribution < -0.4 is 0 Å². The van der Waals surface area contributed by atoms with Gasteiger partial charge in [0, 0.05) is 76.7 Å². The van der Waals surface area contributed by atoms with Crippen LogP contribution in [-0.4, -0.2) is 33.2 Å². The molecule has 0 aliphatic heterocycles. The minimum Gasteiger partial charge on any atom is -0.309 e. The standard InChI is InChI=1S/C84H55N7/c1-84(2)71-40-36-54(56-38-42-75-65(46-56)69-50-77-67(48-79(69)90(75)60-30-16-7-17-31-60)61-32-18-20-34-73(61)88(77)58-26-12-5-13-27-58)44-63(71)64-45-55(37-41-72(64)84)57-39-43-76-66(47-57)70-51-78-68(62-33-19-21-35-74(62)89(78)59-28-14-6-15-29-59)49-80(70)91(76)83-86-81(52-22-8-3-9-23-52)85-82(87-83)53-24-10-4-11-25-53/h3-51H,1-2H3. The summed E-state index contributed by atoms with van der Waals surface area (Å²) < 4.78 is 9.53. The van der Waals surface area contributed by atoms with Gasteiger partial charge >= 0.3 is 0 Å². The summed E-state index contributed by atoms with van der Waals surface area (Å²) in [5, 5.41) is 9.45. The van der Waals surface area contributed by atoms with Crippen LogP contribution in [0.25, 0.3) is 166 Å². The molecule has 0 N–H and O–H groups in total. The second kappa shape index (κ2) is 19.5. The van der Waals surface area contributed by atoms with Gasteiger partial charge < -0.3 is 13.7 Å². The molecule has 7 nitrogen and oxygen atoms in total. The molecule has 18 aromatic rings. The summed E-state index contributed by atoms with van der Waals surface area (Å²) in [5.74, 6) is 1.79. The summed E-state index contributed by atoms with van der Waals surface area (Å²) >= 11 is 0. The van der Waals surface area contributed by atoms with Gasteiger partial charge in [-0.1, -0.05) is 202 Å². The first kappa shape index (κ1) is 51.1. The first-order valence-electron chi connectivity index (χ1n) is 31.2. The normalized spacial score (nSPS) is 12.8. The lowest BCUT2D eigenvalue weighted by atomic mass is 9.82. The van der Waals surface area contributed by atoms with Gasteiger partial charge in [-0.15, -0.1) is 0 Å². The molecule has 0 amide bonds. The Balaban J connectivity index is 0.790. The number of fused-ring (bicyclic) bond motifs is 15. The quantitative estimate of drug-likeness (QED) is 0.152. The molecule has 7 heteroatoms. The van der Waals surface area contributed by atoms with Crippen LogP contribution in [0.5, 0.6) is 0 Å². The Morgan fingerprint density at radius 1 is 0.231 bits per heavy atom. The SMILES string of the molecule is CC1(C)c2ccc(-c3ccc4c(c3)c3cc5c(cc3n4-c3ccccc3)c3ccccc3n5-c3ccccc3)cc2-c2cc(-c3ccc4c(c3)c3cc5c(cc3n4-c3nc(-c4ccccc4)nc(-c4ccccc4)n3)c3ccccc3n5-c3ccccc3)ccc21. The first-order valence-corrected chi connectivity index (χ1v) is 31.2. The smallest absolute Gasteiger partial charge is 0.238 e. The number of benzene rings is 13. The Hall–Kier alpha value is -11.9. The number of rotatable bonds is 8. The second-order valence-electron chi connectivity index (χ2n) is 24.8.